The molecule has 0 spiro atoms. The molecule has 0 saturated carbocycles. The van der Waals surface area contributed by atoms with Crippen LogP contribution in [0.15, 0.2) is 23.8 Å². The highest BCUT2D eigenvalue weighted by atomic mass is 16.3. The summed E-state index contributed by atoms with van der Waals surface area (Å²) in [6, 6.07) is 0. The van der Waals surface area contributed by atoms with Crippen molar-refractivity contribution < 1.29 is 5.11 Å². The van der Waals surface area contributed by atoms with Crippen LogP contribution in [0.5, 0.6) is 0 Å². The summed E-state index contributed by atoms with van der Waals surface area (Å²) in [5.41, 5.74) is 1.25. The molecule has 8 heavy (non-hydrogen) atoms. The fourth-order valence-electron chi connectivity index (χ4n) is 0.814. The minimum Gasteiger partial charge on any atom is -0.389 e. The molecule has 0 aromatic heterocycles. The minimum atomic E-state index is -0.236. The zero-order valence-electron chi connectivity index (χ0n) is 4.96. The third kappa shape index (κ3) is 1.20. The monoisotopic (exact) mass is 110 g/mol. The Kier molecular flexibility index (Phi) is 1.49. The molecular weight excluding hydrogens is 100 g/mol. The lowest BCUT2D eigenvalue weighted by Crippen LogP contribution is -2.04. The molecule has 1 rings (SSSR count). The summed E-state index contributed by atoms with van der Waals surface area (Å²) in [6.07, 6.45) is 6.28. The summed E-state index contributed by atoms with van der Waals surface area (Å²) < 4.78 is 0. The Balaban J connectivity index is 2.59. The van der Waals surface area contributed by atoms with Crippen molar-refractivity contribution in [3.8, 4) is 0 Å². The van der Waals surface area contributed by atoms with Crippen LogP contribution in [0.25, 0.3) is 0 Å². The van der Waals surface area contributed by atoms with Gasteiger partial charge in [0.25, 0.3) is 0 Å². The number of rotatable bonds is 0. The van der Waals surface area contributed by atoms with Crippen molar-refractivity contribution in [2.45, 2.75) is 19.4 Å². The highest BCUT2D eigenvalue weighted by Gasteiger charge is 2.01. The quantitative estimate of drug-likeness (QED) is 0.497. The summed E-state index contributed by atoms with van der Waals surface area (Å²) in [4.78, 5) is 0. The standard InChI is InChI=1S/C7H10O/c1-6-3-2-4-7(8)5-6/h2-4,7-8H,5H2,1H3. The average molecular weight is 110 g/mol. The molecule has 0 fully saturated rings. The van der Waals surface area contributed by atoms with E-state index in [2.05, 4.69) is 0 Å². The van der Waals surface area contributed by atoms with Crippen molar-refractivity contribution >= 4 is 0 Å². The zero-order chi connectivity index (χ0) is 5.98. The van der Waals surface area contributed by atoms with E-state index >= 15 is 0 Å². The van der Waals surface area contributed by atoms with Crippen molar-refractivity contribution in [2.24, 2.45) is 0 Å². The Labute approximate surface area is 49.3 Å². The first-order valence-corrected chi connectivity index (χ1v) is 2.81. The van der Waals surface area contributed by atoms with Crippen LogP contribution in [-0.4, -0.2) is 11.2 Å². The van der Waals surface area contributed by atoms with Crippen molar-refractivity contribution in [3.05, 3.63) is 23.8 Å². The summed E-state index contributed by atoms with van der Waals surface area (Å²) in [6.45, 7) is 2.02. The maximum absolute atomic E-state index is 8.95. The molecule has 1 N–H and O–H groups in total. The molecule has 0 amide bonds. The predicted molar refractivity (Wildman–Crippen MR) is 33.5 cm³/mol. The van der Waals surface area contributed by atoms with Crippen molar-refractivity contribution in [1.29, 1.82) is 0 Å². The lowest BCUT2D eigenvalue weighted by molar-refractivity contribution is 0.222. The van der Waals surface area contributed by atoms with E-state index in [1.165, 1.54) is 5.57 Å². The van der Waals surface area contributed by atoms with Gasteiger partial charge in [-0.3, -0.25) is 0 Å². The van der Waals surface area contributed by atoms with Crippen LogP contribution >= 0.6 is 0 Å². The lowest BCUT2D eigenvalue weighted by Gasteiger charge is -2.08. The fourth-order valence-corrected chi connectivity index (χ4v) is 0.814. The first kappa shape index (κ1) is 5.57. The fraction of sp³-hybridized carbons (Fsp3) is 0.429. The van der Waals surface area contributed by atoms with Gasteiger partial charge in [0.1, 0.15) is 0 Å². The number of allylic oxidation sites excluding steroid dienone is 2. The Bertz CT molecular complexity index is 133. The van der Waals surface area contributed by atoms with E-state index in [-0.39, 0.29) is 6.10 Å². The lowest BCUT2D eigenvalue weighted by atomic mass is 10.1. The average Bonchev–Trinajstić information content (AvgIpc) is 1.64. The van der Waals surface area contributed by atoms with Gasteiger partial charge in [0.15, 0.2) is 0 Å². The van der Waals surface area contributed by atoms with Gasteiger partial charge in [-0.05, 0) is 13.3 Å². The van der Waals surface area contributed by atoms with Gasteiger partial charge >= 0.3 is 0 Å². The van der Waals surface area contributed by atoms with E-state index in [0.29, 0.717) is 0 Å². The van der Waals surface area contributed by atoms with Gasteiger partial charge < -0.3 is 5.11 Å². The molecule has 1 nitrogen and oxygen atoms in total. The van der Waals surface area contributed by atoms with Gasteiger partial charge in [0.2, 0.25) is 0 Å². The van der Waals surface area contributed by atoms with Gasteiger partial charge in [-0.2, -0.15) is 0 Å². The van der Waals surface area contributed by atoms with Crippen LogP contribution < -0.4 is 0 Å². The normalized spacial score (nSPS) is 27.8. The van der Waals surface area contributed by atoms with Crippen LogP contribution in [0.2, 0.25) is 0 Å². The summed E-state index contributed by atoms with van der Waals surface area (Å²) in [5, 5.41) is 8.95. The van der Waals surface area contributed by atoms with E-state index in [9.17, 15) is 0 Å². The van der Waals surface area contributed by atoms with E-state index < -0.39 is 0 Å². The summed E-state index contributed by atoms with van der Waals surface area (Å²) >= 11 is 0. The van der Waals surface area contributed by atoms with Crippen LogP contribution in [0.3, 0.4) is 0 Å². The second-order valence-corrected chi connectivity index (χ2v) is 2.17. The maximum atomic E-state index is 8.95. The Morgan fingerprint density at radius 1 is 1.75 bits per heavy atom. The number of hydrogen-bond acceptors (Lipinski definition) is 1. The molecule has 0 aliphatic heterocycles. The summed E-state index contributed by atoms with van der Waals surface area (Å²) in [5.74, 6) is 0. The van der Waals surface area contributed by atoms with Gasteiger partial charge in [0, 0.05) is 0 Å². The Hall–Kier alpha value is -0.560. The first-order chi connectivity index (χ1) is 3.79. The van der Waals surface area contributed by atoms with Crippen molar-refractivity contribution in [3.63, 3.8) is 0 Å². The molecule has 1 unspecified atom stereocenters. The Morgan fingerprint density at radius 2 is 2.50 bits per heavy atom. The number of hydrogen-bond donors (Lipinski definition) is 1. The van der Waals surface area contributed by atoms with E-state index in [1.54, 1.807) is 6.08 Å². The SMILES string of the molecule is CC1=CC=CC(O)C1. The molecule has 0 heterocycles. The molecule has 44 valence electrons. The maximum Gasteiger partial charge on any atom is 0.0761 e. The zero-order valence-corrected chi connectivity index (χ0v) is 4.96. The topological polar surface area (TPSA) is 20.2 Å². The van der Waals surface area contributed by atoms with Gasteiger partial charge in [-0.25, -0.2) is 0 Å². The number of aliphatic hydroxyl groups is 1. The highest BCUT2D eigenvalue weighted by Crippen LogP contribution is 2.10. The van der Waals surface area contributed by atoms with Crippen LogP contribution in [0.4, 0.5) is 0 Å². The van der Waals surface area contributed by atoms with E-state index in [4.69, 9.17) is 5.11 Å². The van der Waals surface area contributed by atoms with Gasteiger partial charge in [-0.15, -0.1) is 0 Å². The molecule has 0 aromatic rings. The highest BCUT2D eigenvalue weighted by molar-refractivity contribution is 5.18. The minimum absolute atomic E-state index is 0.236. The Morgan fingerprint density at radius 3 is 2.88 bits per heavy atom. The largest absolute Gasteiger partial charge is 0.389 e. The molecule has 0 radical (unpaired) electrons. The van der Waals surface area contributed by atoms with Crippen LogP contribution in [0, 0.1) is 0 Å². The molecule has 1 aliphatic carbocycles. The second-order valence-electron chi connectivity index (χ2n) is 2.17. The van der Waals surface area contributed by atoms with Gasteiger partial charge in [-0.1, -0.05) is 23.8 Å². The third-order valence-electron chi connectivity index (χ3n) is 1.25. The third-order valence-corrected chi connectivity index (χ3v) is 1.25. The second kappa shape index (κ2) is 2.14. The van der Waals surface area contributed by atoms with E-state index in [0.717, 1.165) is 6.42 Å². The molecule has 0 bridgehead atoms. The van der Waals surface area contributed by atoms with Crippen LogP contribution in [-0.2, 0) is 0 Å². The molecule has 0 saturated heterocycles. The first-order valence-electron chi connectivity index (χ1n) is 2.81. The summed E-state index contributed by atoms with van der Waals surface area (Å²) in [7, 11) is 0. The molecule has 1 atom stereocenters. The molecule has 1 aliphatic rings. The van der Waals surface area contributed by atoms with Crippen molar-refractivity contribution in [2.75, 3.05) is 0 Å². The molecular formula is C7H10O. The smallest absolute Gasteiger partial charge is 0.0761 e. The van der Waals surface area contributed by atoms with Gasteiger partial charge in [0.05, 0.1) is 6.10 Å². The molecule has 1 heteroatoms. The van der Waals surface area contributed by atoms with Crippen molar-refractivity contribution in [1.82, 2.24) is 0 Å². The molecule has 0 aromatic carbocycles. The van der Waals surface area contributed by atoms with Crippen LogP contribution in [0.1, 0.15) is 13.3 Å². The number of aliphatic hydroxyl groups excluding tert-OH is 1. The predicted octanol–water partition coefficient (Wildman–Crippen LogP) is 1.25. The van der Waals surface area contributed by atoms with E-state index in [1.807, 2.05) is 19.1 Å².